The molecule has 0 aromatic heterocycles. The summed E-state index contributed by atoms with van der Waals surface area (Å²) >= 11 is 5.85. The van der Waals surface area contributed by atoms with E-state index >= 15 is 0 Å². The van der Waals surface area contributed by atoms with E-state index in [1.807, 2.05) is 82.0 Å². The van der Waals surface area contributed by atoms with Gasteiger partial charge >= 0.3 is 0 Å². The van der Waals surface area contributed by atoms with Crippen molar-refractivity contribution in [1.29, 1.82) is 0 Å². The highest BCUT2D eigenvalue weighted by molar-refractivity contribution is 7.80. The molecule has 1 amide bonds. The number of benzene rings is 3. The molecule has 5 rings (SSSR count). The van der Waals surface area contributed by atoms with Crippen LogP contribution in [-0.2, 0) is 4.79 Å². The summed E-state index contributed by atoms with van der Waals surface area (Å²) in [6.45, 7) is 10.1. The lowest BCUT2D eigenvalue weighted by Gasteiger charge is -2.56. The molecule has 0 aliphatic carbocycles. The molecule has 2 heterocycles. The van der Waals surface area contributed by atoms with Gasteiger partial charge in [-0.3, -0.25) is 9.69 Å². The molecule has 6 heteroatoms. The zero-order chi connectivity index (χ0) is 24.2. The maximum Gasteiger partial charge on any atom is 0.236 e. The molecule has 1 saturated heterocycles. The first-order valence-corrected chi connectivity index (χ1v) is 11.9. The standard InChI is InChI=1S/C28H29N3O2S/c1-16-7-6-8-20(14-16)31-27(34)30-25-21-15-18(3)10-12-23(21)33-28(31,5)24(25)26(32)29-22-11-9-17(2)13-19(22)4/h6-15,24-25H,1-5H3,(H,29,32)(H,30,34)/t24-,25+,28+/m0/s1. The number of ether oxygens (including phenoxy) is 1. The average Bonchev–Trinajstić information content (AvgIpc) is 2.76. The monoisotopic (exact) mass is 471 g/mol. The van der Waals surface area contributed by atoms with E-state index in [0.717, 1.165) is 44.9 Å². The molecule has 174 valence electrons. The van der Waals surface area contributed by atoms with E-state index in [9.17, 15) is 4.79 Å². The molecule has 5 nitrogen and oxygen atoms in total. The van der Waals surface area contributed by atoms with Crippen molar-refractivity contribution in [3.63, 3.8) is 0 Å². The average molecular weight is 472 g/mol. The van der Waals surface area contributed by atoms with Crippen LogP contribution in [0, 0.1) is 33.6 Å². The summed E-state index contributed by atoms with van der Waals surface area (Å²) in [6, 6.07) is 19.9. The van der Waals surface area contributed by atoms with Crippen LogP contribution in [0.25, 0.3) is 0 Å². The maximum atomic E-state index is 14.0. The van der Waals surface area contributed by atoms with E-state index in [0.29, 0.717) is 5.11 Å². The van der Waals surface area contributed by atoms with Crippen LogP contribution < -0.4 is 20.3 Å². The van der Waals surface area contributed by atoms with Gasteiger partial charge in [0.2, 0.25) is 5.91 Å². The van der Waals surface area contributed by atoms with Crippen molar-refractivity contribution < 1.29 is 9.53 Å². The van der Waals surface area contributed by atoms with Crippen LogP contribution in [0.3, 0.4) is 0 Å². The Morgan fingerprint density at radius 2 is 1.71 bits per heavy atom. The van der Waals surface area contributed by atoms with Gasteiger partial charge in [0.15, 0.2) is 10.8 Å². The first-order valence-electron chi connectivity index (χ1n) is 11.5. The Labute approximate surface area is 206 Å². The summed E-state index contributed by atoms with van der Waals surface area (Å²) in [6.07, 6.45) is 0. The van der Waals surface area contributed by atoms with Gasteiger partial charge in [-0.2, -0.15) is 0 Å². The van der Waals surface area contributed by atoms with Gasteiger partial charge in [-0.15, -0.1) is 0 Å². The quantitative estimate of drug-likeness (QED) is 0.479. The fourth-order valence-corrected chi connectivity index (χ4v) is 5.64. The van der Waals surface area contributed by atoms with Gasteiger partial charge in [0.1, 0.15) is 11.7 Å². The number of hydrogen-bond acceptors (Lipinski definition) is 3. The molecule has 2 aliphatic rings. The zero-order valence-corrected chi connectivity index (χ0v) is 20.9. The fourth-order valence-electron chi connectivity index (χ4n) is 5.22. The highest BCUT2D eigenvalue weighted by atomic mass is 32.1. The van der Waals surface area contributed by atoms with Crippen molar-refractivity contribution in [3.05, 3.63) is 88.5 Å². The molecule has 2 aliphatic heterocycles. The van der Waals surface area contributed by atoms with Crippen LogP contribution >= 0.6 is 12.2 Å². The largest absolute Gasteiger partial charge is 0.467 e. The number of carbonyl (C=O) groups excluding carboxylic acids is 1. The third-order valence-electron chi connectivity index (χ3n) is 6.84. The van der Waals surface area contributed by atoms with Gasteiger partial charge in [0, 0.05) is 16.9 Å². The summed E-state index contributed by atoms with van der Waals surface area (Å²) in [5.74, 6) is 0.0929. The lowest BCUT2D eigenvalue weighted by atomic mass is 9.78. The SMILES string of the molecule is Cc1cccc(N2C(=S)N[C@@H]3c4cc(C)ccc4O[C@]2(C)[C@@H]3C(=O)Nc2ccc(C)cc2C)c1. The van der Waals surface area contributed by atoms with Crippen LogP contribution in [0.5, 0.6) is 5.75 Å². The van der Waals surface area contributed by atoms with E-state index in [1.54, 1.807) is 0 Å². The van der Waals surface area contributed by atoms with Crippen molar-refractivity contribution in [3.8, 4) is 5.75 Å². The highest BCUT2D eigenvalue weighted by Gasteiger charge is 2.59. The Morgan fingerprint density at radius 1 is 1.00 bits per heavy atom. The highest BCUT2D eigenvalue weighted by Crippen LogP contribution is 2.50. The molecule has 3 aromatic rings. The van der Waals surface area contributed by atoms with Crippen LogP contribution in [-0.4, -0.2) is 16.7 Å². The second-order valence-corrected chi connectivity index (χ2v) is 9.97. The predicted molar refractivity (Wildman–Crippen MR) is 140 cm³/mol. The lowest BCUT2D eigenvalue weighted by molar-refractivity contribution is -0.130. The van der Waals surface area contributed by atoms with Crippen LogP contribution in [0.1, 0.15) is 40.8 Å². The minimum Gasteiger partial charge on any atom is -0.467 e. The minimum absolute atomic E-state index is 0.112. The Morgan fingerprint density at radius 3 is 2.44 bits per heavy atom. The zero-order valence-electron chi connectivity index (χ0n) is 20.1. The molecule has 2 bridgehead atoms. The summed E-state index contributed by atoms with van der Waals surface area (Å²) in [5, 5.41) is 7.20. The van der Waals surface area contributed by atoms with Gasteiger partial charge in [-0.1, -0.05) is 47.5 Å². The third kappa shape index (κ3) is 3.62. The van der Waals surface area contributed by atoms with Gasteiger partial charge in [0.25, 0.3) is 0 Å². The van der Waals surface area contributed by atoms with Gasteiger partial charge in [-0.25, -0.2) is 0 Å². The number of nitrogens with zero attached hydrogens (tertiary/aromatic N) is 1. The number of fused-ring (bicyclic) bond motifs is 4. The lowest BCUT2D eigenvalue weighted by Crippen LogP contribution is -2.72. The van der Waals surface area contributed by atoms with E-state index in [-0.39, 0.29) is 11.9 Å². The molecule has 3 aromatic carbocycles. The topological polar surface area (TPSA) is 53.6 Å². The van der Waals surface area contributed by atoms with Crippen molar-refractivity contribution in [2.45, 2.75) is 46.4 Å². The summed E-state index contributed by atoms with van der Waals surface area (Å²) in [7, 11) is 0. The van der Waals surface area contributed by atoms with Crippen LogP contribution in [0.2, 0.25) is 0 Å². The van der Waals surface area contributed by atoms with Crippen LogP contribution in [0.15, 0.2) is 60.7 Å². The Hall–Kier alpha value is -3.38. The number of carbonyl (C=O) groups is 1. The number of rotatable bonds is 3. The number of nitrogens with one attached hydrogen (secondary N) is 2. The second-order valence-electron chi connectivity index (χ2n) is 9.58. The summed E-state index contributed by atoms with van der Waals surface area (Å²) in [4.78, 5) is 15.9. The Balaban J connectivity index is 1.63. The summed E-state index contributed by atoms with van der Waals surface area (Å²) < 4.78 is 6.68. The molecular formula is C28H29N3O2S. The van der Waals surface area contributed by atoms with Gasteiger partial charge in [-0.05, 0) is 82.2 Å². The van der Waals surface area contributed by atoms with E-state index in [1.165, 1.54) is 0 Å². The fraction of sp³-hybridized carbons (Fsp3) is 0.286. The molecule has 0 unspecified atom stereocenters. The Bertz CT molecular complexity index is 1320. The summed E-state index contributed by atoms with van der Waals surface area (Å²) in [5.41, 5.74) is 6.01. The number of aryl methyl sites for hydroxylation is 4. The maximum absolute atomic E-state index is 14.0. The molecule has 3 atom stereocenters. The predicted octanol–water partition coefficient (Wildman–Crippen LogP) is 5.72. The van der Waals surface area contributed by atoms with Crippen molar-refractivity contribution in [2.75, 3.05) is 10.2 Å². The first kappa shape index (κ1) is 22.4. The number of thiocarbonyl (C=S) groups is 1. The molecule has 0 spiro atoms. The number of amides is 1. The molecular weight excluding hydrogens is 442 g/mol. The van der Waals surface area contributed by atoms with Gasteiger partial charge < -0.3 is 15.4 Å². The molecule has 1 fully saturated rings. The van der Waals surface area contributed by atoms with E-state index < -0.39 is 11.6 Å². The number of anilines is 2. The van der Waals surface area contributed by atoms with Crippen molar-refractivity contribution in [1.82, 2.24) is 5.32 Å². The van der Waals surface area contributed by atoms with E-state index in [4.69, 9.17) is 17.0 Å². The Kier molecular flexibility index (Phi) is 5.36. The first-order chi connectivity index (χ1) is 16.2. The van der Waals surface area contributed by atoms with Gasteiger partial charge in [0.05, 0.1) is 6.04 Å². The second kappa shape index (κ2) is 8.13. The normalized spacial score (nSPS) is 23.0. The molecule has 0 saturated carbocycles. The third-order valence-corrected chi connectivity index (χ3v) is 7.14. The molecule has 2 N–H and O–H groups in total. The van der Waals surface area contributed by atoms with E-state index in [2.05, 4.69) is 28.8 Å². The molecule has 0 radical (unpaired) electrons. The van der Waals surface area contributed by atoms with Crippen LogP contribution in [0.4, 0.5) is 11.4 Å². The number of hydrogen-bond donors (Lipinski definition) is 2. The van der Waals surface area contributed by atoms with Crippen molar-refractivity contribution >= 4 is 34.6 Å². The van der Waals surface area contributed by atoms with Crippen molar-refractivity contribution in [2.24, 2.45) is 5.92 Å². The minimum atomic E-state index is -1.02. The smallest absolute Gasteiger partial charge is 0.236 e. The molecule has 34 heavy (non-hydrogen) atoms.